The minimum absolute atomic E-state index is 0.0973. The monoisotopic (exact) mass is 620 g/mol. The van der Waals surface area contributed by atoms with Gasteiger partial charge in [0.25, 0.3) is 0 Å². The third kappa shape index (κ3) is 6.28. The molecule has 1 unspecified atom stereocenters. The third-order valence-corrected chi connectivity index (χ3v) is 9.93. The Morgan fingerprint density at radius 2 is 1.70 bits per heavy atom. The van der Waals surface area contributed by atoms with Crippen molar-refractivity contribution in [3.63, 3.8) is 0 Å². The number of rotatable bonds is 11. The van der Waals surface area contributed by atoms with E-state index in [1.807, 2.05) is 30.4 Å². The quantitative estimate of drug-likeness (QED) is 0.206. The Labute approximate surface area is 263 Å². The van der Waals surface area contributed by atoms with E-state index in [9.17, 15) is 20.1 Å². The number of aromatic nitrogens is 1. The molecule has 6 rings (SSSR count). The summed E-state index contributed by atoms with van der Waals surface area (Å²) in [5.41, 5.74) is 5.30. The molecule has 234 valence electrons. The average molecular weight is 621 g/mol. The van der Waals surface area contributed by atoms with Gasteiger partial charge in [-0.2, -0.15) is 0 Å². The number of aromatic hydroxyl groups is 2. The summed E-state index contributed by atoms with van der Waals surface area (Å²) >= 11 is 6.32. The van der Waals surface area contributed by atoms with Gasteiger partial charge < -0.3 is 24.8 Å². The topological polar surface area (TPSA) is 104 Å². The van der Waals surface area contributed by atoms with Crippen LogP contribution in [0.2, 0.25) is 5.02 Å². The molecule has 1 heterocycles. The number of halogens is 1. The lowest BCUT2D eigenvalue weighted by atomic mass is 9.81. The zero-order valence-electron chi connectivity index (χ0n) is 25.2. The largest absolute Gasteiger partial charge is 0.494 e. The number of carboxylic acids is 1. The van der Waals surface area contributed by atoms with Crippen LogP contribution in [0.3, 0.4) is 0 Å². The summed E-state index contributed by atoms with van der Waals surface area (Å²) < 4.78 is 13.3. The molecule has 3 aliphatic carbocycles. The van der Waals surface area contributed by atoms with E-state index < -0.39 is 5.97 Å². The molecule has 9 heteroatoms. The second kappa shape index (κ2) is 13.2. The molecule has 0 bridgehead atoms. The number of hydrogen-bond acceptors (Lipinski definition) is 6. The number of benzene rings is 2. The lowest BCUT2D eigenvalue weighted by molar-refractivity contribution is -0.143. The number of hydrogen-bond donors (Lipinski definition) is 3. The average Bonchev–Trinajstić information content (AvgIpc) is 3.55. The molecule has 1 aromatic heterocycles. The molecule has 1 saturated carbocycles. The molecule has 44 heavy (non-hydrogen) atoms. The molecule has 3 aliphatic rings. The number of aryl methyl sites for hydroxylation is 1. The van der Waals surface area contributed by atoms with Crippen LogP contribution in [0.15, 0.2) is 48.6 Å². The fourth-order valence-electron chi connectivity index (χ4n) is 7.32. The van der Waals surface area contributed by atoms with E-state index in [4.69, 9.17) is 21.1 Å². The van der Waals surface area contributed by atoms with Crippen LogP contribution >= 0.6 is 11.6 Å². The maximum absolute atomic E-state index is 11.5. The number of nitrogens with zero attached hydrogens (tertiary/aromatic N) is 2. The minimum Gasteiger partial charge on any atom is -0.494 e. The molecule has 2 aromatic carbocycles. The zero-order chi connectivity index (χ0) is 30.8. The highest BCUT2D eigenvalue weighted by molar-refractivity contribution is 6.30. The fourth-order valence-corrected chi connectivity index (χ4v) is 7.51. The molecular formula is C35H41ClN2O6. The molecule has 0 aliphatic heterocycles. The predicted molar refractivity (Wildman–Crippen MR) is 169 cm³/mol. The highest BCUT2D eigenvalue weighted by atomic mass is 35.5. The first-order chi connectivity index (χ1) is 21.3. The summed E-state index contributed by atoms with van der Waals surface area (Å²) in [6.45, 7) is 2.19. The summed E-state index contributed by atoms with van der Waals surface area (Å²) in [6.07, 6.45) is 10.6. The van der Waals surface area contributed by atoms with Crippen LogP contribution in [0, 0.1) is 11.8 Å². The normalized spacial score (nSPS) is 20.8. The standard InChI is InChI=1S/C35H41ClN2O6/c1-43-32-18-23(8-15-31(32)44-17-16-38-33(39)28-4-2-3-5-29(28)34(38)40)21-37(20-22-6-9-24(10-7-22)35(41)42)30-14-11-25-19-26(36)12-13-27(25)30/h2-3,8,12-13,15,18-19,22,24,30,39-40H,4-7,9-11,14,16-17,20-21H2,1H3,(H,41,42). The van der Waals surface area contributed by atoms with Crippen LogP contribution in [0.4, 0.5) is 0 Å². The number of methoxy groups -OCH3 is 1. The molecule has 0 radical (unpaired) electrons. The SMILES string of the molecule is COc1cc(CN(CC2CCC(C(=O)O)CC2)C2CCc3cc(Cl)ccc32)ccc1OCCn1c(O)c2c(c1O)CC=CC2. The molecule has 8 nitrogen and oxygen atoms in total. The highest BCUT2D eigenvalue weighted by Gasteiger charge is 2.32. The van der Waals surface area contributed by atoms with Crippen molar-refractivity contribution in [2.45, 2.75) is 70.5 Å². The first-order valence-electron chi connectivity index (χ1n) is 15.6. The van der Waals surface area contributed by atoms with Crippen LogP contribution in [0.1, 0.15) is 66.0 Å². The maximum Gasteiger partial charge on any atom is 0.306 e. The number of aliphatic carboxylic acids is 1. The van der Waals surface area contributed by atoms with Crippen LogP contribution < -0.4 is 9.47 Å². The highest BCUT2D eigenvalue weighted by Crippen LogP contribution is 2.41. The van der Waals surface area contributed by atoms with Gasteiger partial charge in [-0.25, -0.2) is 0 Å². The lowest BCUT2D eigenvalue weighted by Gasteiger charge is -2.35. The predicted octanol–water partition coefficient (Wildman–Crippen LogP) is 6.68. The molecule has 0 saturated heterocycles. The van der Waals surface area contributed by atoms with Crippen molar-refractivity contribution in [1.82, 2.24) is 9.47 Å². The van der Waals surface area contributed by atoms with Gasteiger partial charge in [0.15, 0.2) is 23.3 Å². The minimum atomic E-state index is -0.672. The first kappa shape index (κ1) is 30.4. The van der Waals surface area contributed by atoms with E-state index in [1.165, 1.54) is 15.7 Å². The van der Waals surface area contributed by atoms with E-state index in [1.54, 1.807) is 7.11 Å². The van der Waals surface area contributed by atoms with E-state index in [2.05, 4.69) is 23.1 Å². The Bertz CT molecular complexity index is 1510. The Hall–Kier alpha value is -3.62. The van der Waals surface area contributed by atoms with Crippen LogP contribution in [0.25, 0.3) is 0 Å². The molecular weight excluding hydrogens is 580 g/mol. The number of carboxylic acid groups (broad SMARTS) is 1. The molecule has 1 atom stereocenters. The Balaban J connectivity index is 1.16. The van der Waals surface area contributed by atoms with Crippen molar-refractivity contribution >= 4 is 17.6 Å². The van der Waals surface area contributed by atoms with Crippen molar-refractivity contribution in [2.75, 3.05) is 20.3 Å². The smallest absolute Gasteiger partial charge is 0.306 e. The van der Waals surface area contributed by atoms with E-state index in [0.717, 1.165) is 73.3 Å². The molecule has 0 amide bonds. The van der Waals surface area contributed by atoms with E-state index >= 15 is 0 Å². The second-order valence-electron chi connectivity index (χ2n) is 12.4. The number of ether oxygens (including phenoxy) is 2. The maximum atomic E-state index is 11.5. The fraction of sp³-hybridized carbons (Fsp3) is 0.457. The van der Waals surface area contributed by atoms with E-state index in [-0.39, 0.29) is 30.3 Å². The Morgan fingerprint density at radius 3 is 2.39 bits per heavy atom. The number of fused-ring (bicyclic) bond motifs is 2. The van der Waals surface area contributed by atoms with Gasteiger partial charge in [-0.15, -0.1) is 0 Å². The summed E-state index contributed by atoms with van der Waals surface area (Å²) in [5, 5.41) is 31.5. The van der Waals surface area contributed by atoms with Crippen LogP contribution in [-0.2, 0) is 37.1 Å². The van der Waals surface area contributed by atoms with Crippen molar-refractivity contribution in [3.8, 4) is 23.3 Å². The van der Waals surface area contributed by atoms with Gasteiger partial charge >= 0.3 is 5.97 Å². The second-order valence-corrected chi connectivity index (χ2v) is 12.8. The summed E-state index contributed by atoms with van der Waals surface area (Å²) in [6, 6.07) is 12.5. The number of carbonyl (C=O) groups is 1. The lowest BCUT2D eigenvalue weighted by Crippen LogP contribution is -2.34. The van der Waals surface area contributed by atoms with Gasteiger partial charge in [0, 0.05) is 35.3 Å². The van der Waals surface area contributed by atoms with Crippen molar-refractivity contribution in [2.24, 2.45) is 11.8 Å². The van der Waals surface area contributed by atoms with Crippen LogP contribution in [0.5, 0.6) is 23.3 Å². The molecule has 3 N–H and O–H groups in total. The first-order valence-corrected chi connectivity index (χ1v) is 16.0. The van der Waals surface area contributed by atoms with Gasteiger partial charge in [0.2, 0.25) is 0 Å². The van der Waals surface area contributed by atoms with Crippen molar-refractivity contribution < 1.29 is 29.6 Å². The van der Waals surface area contributed by atoms with E-state index in [0.29, 0.717) is 36.8 Å². The summed E-state index contributed by atoms with van der Waals surface area (Å²) in [4.78, 5) is 14.1. The van der Waals surface area contributed by atoms with Gasteiger partial charge in [0.1, 0.15) is 6.61 Å². The Morgan fingerprint density at radius 1 is 0.977 bits per heavy atom. The van der Waals surface area contributed by atoms with Gasteiger partial charge in [-0.05, 0) is 98.2 Å². The summed E-state index contributed by atoms with van der Waals surface area (Å²) in [7, 11) is 1.63. The summed E-state index contributed by atoms with van der Waals surface area (Å²) in [5.74, 6) is 0.989. The van der Waals surface area contributed by atoms with Crippen molar-refractivity contribution in [1.29, 1.82) is 0 Å². The van der Waals surface area contributed by atoms with Crippen LogP contribution in [-0.4, -0.2) is 51.0 Å². The molecule has 3 aromatic rings. The van der Waals surface area contributed by atoms with Crippen molar-refractivity contribution in [3.05, 3.63) is 81.4 Å². The van der Waals surface area contributed by atoms with Gasteiger partial charge in [-0.1, -0.05) is 35.9 Å². The molecule has 1 fully saturated rings. The number of allylic oxidation sites excluding steroid dienone is 2. The third-order valence-electron chi connectivity index (χ3n) is 9.69. The van der Waals surface area contributed by atoms with Gasteiger partial charge in [0.05, 0.1) is 19.6 Å². The Kier molecular flexibility index (Phi) is 9.10. The molecule has 0 spiro atoms. The zero-order valence-corrected chi connectivity index (χ0v) is 25.9. The van der Waals surface area contributed by atoms with Gasteiger partial charge in [-0.3, -0.25) is 14.3 Å².